The Morgan fingerprint density at radius 1 is 1.56 bits per heavy atom. The number of hydrazine groups is 1. The number of ether oxygens (including phenoxy) is 2. The standard InChI is InChI=1S/C10H16N2O4/c1-7-5-8(6-15-4-3-14-2)16-9(7)10(13)12-11/h5H,3-4,6,11H2,1-2H3,(H,12,13). The Balaban J connectivity index is 2.52. The van der Waals surface area contributed by atoms with Crippen LogP contribution in [0.4, 0.5) is 0 Å². The fourth-order valence-electron chi connectivity index (χ4n) is 1.23. The molecule has 16 heavy (non-hydrogen) atoms. The molecule has 0 spiro atoms. The van der Waals surface area contributed by atoms with Gasteiger partial charge in [0.25, 0.3) is 0 Å². The fourth-order valence-corrected chi connectivity index (χ4v) is 1.23. The molecule has 6 nitrogen and oxygen atoms in total. The summed E-state index contributed by atoms with van der Waals surface area (Å²) in [5.41, 5.74) is 2.75. The molecule has 3 N–H and O–H groups in total. The predicted octanol–water partition coefficient (Wildman–Crippen LogP) is 0.355. The molecule has 0 fully saturated rings. The highest BCUT2D eigenvalue weighted by Crippen LogP contribution is 2.15. The smallest absolute Gasteiger partial charge is 0.301 e. The first-order valence-electron chi connectivity index (χ1n) is 4.86. The van der Waals surface area contributed by atoms with Crippen LogP contribution < -0.4 is 11.3 Å². The van der Waals surface area contributed by atoms with Gasteiger partial charge in [0.15, 0.2) is 5.76 Å². The van der Waals surface area contributed by atoms with E-state index in [0.29, 0.717) is 25.6 Å². The van der Waals surface area contributed by atoms with Gasteiger partial charge in [-0.2, -0.15) is 0 Å². The number of rotatable bonds is 6. The summed E-state index contributed by atoms with van der Waals surface area (Å²) in [5, 5.41) is 0. The number of carbonyl (C=O) groups excluding carboxylic acids is 1. The lowest BCUT2D eigenvalue weighted by Crippen LogP contribution is -2.30. The normalized spacial score (nSPS) is 10.4. The van der Waals surface area contributed by atoms with Crippen LogP contribution in [0.15, 0.2) is 10.5 Å². The van der Waals surface area contributed by atoms with E-state index in [9.17, 15) is 4.79 Å². The molecule has 0 aliphatic heterocycles. The predicted molar refractivity (Wildman–Crippen MR) is 56.6 cm³/mol. The van der Waals surface area contributed by atoms with Gasteiger partial charge in [0.1, 0.15) is 12.4 Å². The highest BCUT2D eigenvalue weighted by molar-refractivity contribution is 5.92. The molecular formula is C10H16N2O4. The molecule has 6 heteroatoms. The summed E-state index contributed by atoms with van der Waals surface area (Å²) < 4.78 is 15.4. The number of nitrogens with two attached hydrogens (primary N) is 1. The zero-order chi connectivity index (χ0) is 12.0. The van der Waals surface area contributed by atoms with E-state index in [1.165, 1.54) is 0 Å². The number of furan rings is 1. The molecule has 0 bridgehead atoms. The molecule has 0 saturated heterocycles. The van der Waals surface area contributed by atoms with Crippen molar-refractivity contribution in [1.29, 1.82) is 0 Å². The maximum Gasteiger partial charge on any atom is 0.301 e. The van der Waals surface area contributed by atoms with E-state index in [4.69, 9.17) is 19.7 Å². The highest BCUT2D eigenvalue weighted by atomic mass is 16.5. The van der Waals surface area contributed by atoms with Gasteiger partial charge >= 0.3 is 5.91 Å². The number of carbonyl (C=O) groups is 1. The Labute approximate surface area is 93.7 Å². The summed E-state index contributed by atoms with van der Waals surface area (Å²) in [7, 11) is 1.60. The second-order valence-corrected chi connectivity index (χ2v) is 3.24. The summed E-state index contributed by atoms with van der Waals surface area (Å²) in [5.74, 6) is 5.38. The first-order chi connectivity index (χ1) is 7.69. The topological polar surface area (TPSA) is 86.7 Å². The van der Waals surface area contributed by atoms with Crippen molar-refractivity contribution in [1.82, 2.24) is 5.43 Å². The molecule has 0 unspecified atom stereocenters. The Morgan fingerprint density at radius 3 is 2.94 bits per heavy atom. The van der Waals surface area contributed by atoms with E-state index >= 15 is 0 Å². The Kier molecular flexibility index (Phi) is 4.97. The molecule has 0 atom stereocenters. The van der Waals surface area contributed by atoms with Crippen molar-refractivity contribution in [2.75, 3.05) is 20.3 Å². The lowest BCUT2D eigenvalue weighted by molar-refractivity contribution is 0.0530. The molecule has 0 saturated carbocycles. The number of hydrogen-bond acceptors (Lipinski definition) is 5. The first kappa shape index (κ1) is 12.7. The third kappa shape index (κ3) is 3.34. The number of hydrogen-bond donors (Lipinski definition) is 2. The highest BCUT2D eigenvalue weighted by Gasteiger charge is 2.14. The van der Waals surface area contributed by atoms with Crippen LogP contribution >= 0.6 is 0 Å². The van der Waals surface area contributed by atoms with E-state index in [1.54, 1.807) is 20.1 Å². The van der Waals surface area contributed by atoms with Crippen LogP contribution in [-0.4, -0.2) is 26.2 Å². The molecule has 0 aliphatic carbocycles. The quantitative estimate of drug-likeness (QED) is 0.317. The third-order valence-electron chi connectivity index (χ3n) is 1.98. The summed E-state index contributed by atoms with van der Waals surface area (Å²) >= 11 is 0. The fraction of sp³-hybridized carbons (Fsp3) is 0.500. The molecule has 1 amide bonds. The summed E-state index contributed by atoms with van der Waals surface area (Å²) in [6.45, 7) is 3.08. The van der Waals surface area contributed by atoms with Gasteiger partial charge in [0.05, 0.1) is 13.2 Å². The number of nitrogens with one attached hydrogen (secondary N) is 1. The van der Waals surface area contributed by atoms with Gasteiger partial charge in [-0.15, -0.1) is 0 Å². The van der Waals surface area contributed by atoms with Gasteiger partial charge in [-0.05, 0) is 13.0 Å². The molecule has 0 radical (unpaired) electrons. The minimum absolute atomic E-state index is 0.216. The van der Waals surface area contributed by atoms with Crippen LogP contribution in [0.3, 0.4) is 0 Å². The first-order valence-corrected chi connectivity index (χ1v) is 4.86. The van der Waals surface area contributed by atoms with Crippen molar-refractivity contribution in [2.45, 2.75) is 13.5 Å². The molecule has 0 aromatic carbocycles. The van der Waals surface area contributed by atoms with Crippen LogP contribution in [0.1, 0.15) is 21.9 Å². The average Bonchev–Trinajstić information content (AvgIpc) is 2.65. The minimum atomic E-state index is -0.444. The van der Waals surface area contributed by atoms with E-state index in [2.05, 4.69) is 0 Å². The molecule has 1 heterocycles. The molecule has 1 aromatic rings. The van der Waals surface area contributed by atoms with Gasteiger partial charge < -0.3 is 13.9 Å². The van der Waals surface area contributed by atoms with Crippen LogP contribution in [0.25, 0.3) is 0 Å². The monoisotopic (exact) mass is 228 g/mol. The third-order valence-corrected chi connectivity index (χ3v) is 1.98. The minimum Gasteiger partial charge on any atom is -0.453 e. The number of aryl methyl sites for hydroxylation is 1. The summed E-state index contributed by atoms with van der Waals surface area (Å²) in [6.07, 6.45) is 0. The van der Waals surface area contributed by atoms with E-state index < -0.39 is 5.91 Å². The Morgan fingerprint density at radius 2 is 2.31 bits per heavy atom. The average molecular weight is 228 g/mol. The van der Waals surface area contributed by atoms with Gasteiger partial charge in [0.2, 0.25) is 0 Å². The Hall–Kier alpha value is -1.37. The van der Waals surface area contributed by atoms with Gasteiger partial charge in [-0.1, -0.05) is 0 Å². The van der Waals surface area contributed by atoms with E-state index in [1.807, 2.05) is 5.43 Å². The van der Waals surface area contributed by atoms with Crippen molar-refractivity contribution < 1.29 is 18.7 Å². The van der Waals surface area contributed by atoms with Crippen LogP contribution in [0.5, 0.6) is 0 Å². The van der Waals surface area contributed by atoms with Crippen LogP contribution in [0, 0.1) is 6.92 Å². The van der Waals surface area contributed by atoms with Crippen molar-refractivity contribution >= 4 is 5.91 Å². The maximum atomic E-state index is 11.2. The molecule has 1 rings (SSSR count). The Bertz CT molecular complexity index is 349. The molecular weight excluding hydrogens is 212 g/mol. The van der Waals surface area contributed by atoms with Crippen molar-refractivity contribution in [2.24, 2.45) is 5.84 Å². The van der Waals surface area contributed by atoms with Crippen LogP contribution in [0.2, 0.25) is 0 Å². The largest absolute Gasteiger partial charge is 0.453 e. The van der Waals surface area contributed by atoms with E-state index in [0.717, 1.165) is 5.56 Å². The van der Waals surface area contributed by atoms with Crippen molar-refractivity contribution in [3.05, 3.63) is 23.2 Å². The van der Waals surface area contributed by atoms with Gasteiger partial charge in [0, 0.05) is 12.7 Å². The van der Waals surface area contributed by atoms with Gasteiger partial charge in [-0.3, -0.25) is 10.2 Å². The van der Waals surface area contributed by atoms with Crippen LogP contribution in [-0.2, 0) is 16.1 Å². The van der Waals surface area contributed by atoms with E-state index in [-0.39, 0.29) is 5.76 Å². The van der Waals surface area contributed by atoms with Gasteiger partial charge in [-0.25, -0.2) is 5.84 Å². The molecule has 0 aliphatic rings. The number of methoxy groups -OCH3 is 1. The molecule has 90 valence electrons. The number of amides is 1. The second kappa shape index (κ2) is 6.26. The lowest BCUT2D eigenvalue weighted by Gasteiger charge is -2.00. The molecule has 1 aromatic heterocycles. The second-order valence-electron chi connectivity index (χ2n) is 3.24. The zero-order valence-electron chi connectivity index (χ0n) is 9.41. The number of nitrogen functional groups attached to an aromatic ring is 1. The van der Waals surface area contributed by atoms with Crippen molar-refractivity contribution in [3.63, 3.8) is 0 Å². The zero-order valence-corrected chi connectivity index (χ0v) is 9.41. The SMILES string of the molecule is COCCOCc1cc(C)c(C(=O)NN)o1. The summed E-state index contributed by atoms with van der Waals surface area (Å²) in [6, 6.07) is 1.75. The lowest BCUT2D eigenvalue weighted by atomic mass is 10.2. The summed E-state index contributed by atoms with van der Waals surface area (Å²) in [4.78, 5) is 11.2. The maximum absolute atomic E-state index is 11.2. The van der Waals surface area contributed by atoms with Crippen molar-refractivity contribution in [3.8, 4) is 0 Å².